The van der Waals surface area contributed by atoms with Gasteiger partial charge in [0, 0.05) is 6.54 Å². The van der Waals surface area contributed by atoms with E-state index in [0.717, 1.165) is 18.9 Å². The van der Waals surface area contributed by atoms with E-state index in [1.807, 2.05) is 0 Å². The maximum absolute atomic E-state index is 4.81. The van der Waals surface area contributed by atoms with Gasteiger partial charge < -0.3 is 5.32 Å². The SMILES string of the molecule is CC(CCNC(=S)S)CC(C)(C)C. The lowest BCUT2D eigenvalue weighted by Gasteiger charge is -2.23. The average Bonchev–Trinajstić information content (AvgIpc) is 1.81. The van der Waals surface area contributed by atoms with Crippen LogP contribution in [0.15, 0.2) is 0 Å². The molecule has 0 heterocycles. The van der Waals surface area contributed by atoms with Gasteiger partial charge in [-0.05, 0) is 24.2 Å². The van der Waals surface area contributed by atoms with Crippen LogP contribution in [0.2, 0.25) is 0 Å². The first-order valence-electron chi connectivity index (χ1n) is 4.78. The van der Waals surface area contributed by atoms with E-state index in [1.54, 1.807) is 0 Å². The van der Waals surface area contributed by atoms with Crippen LogP contribution in [0.25, 0.3) is 0 Å². The van der Waals surface area contributed by atoms with Crippen molar-refractivity contribution in [3.8, 4) is 0 Å². The van der Waals surface area contributed by atoms with Crippen molar-refractivity contribution in [3.63, 3.8) is 0 Å². The molecule has 0 aromatic heterocycles. The van der Waals surface area contributed by atoms with Gasteiger partial charge in [-0.25, -0.2) is 0 Å². The Hall–Kier alpha value is 0.240. The number of rotatable bonds is 4. The smallest absolute Gasteiger partial charge is 0.130 e. The molecule has 13 heavy (non-hydrogen) atoms. The standard InChI is InChI=1S/C10H21NS2/c1-8(7-10(2,3)4)5-6-11-9(12)13/h8H,5-7H2,1-4H3,(H2,11,12,13). The third-order valence-electron chi connectivity index (χ3n) is 1.87. The van der Waals surface area contributed by atoms with Gasteiger partial charge in [-0.3, -0.25) is 0 Å². The fraction of sp³-hybridized carbons (Fsp3) is 0.900. The van der Waals surface area contributed by atoms with Crippen molar-refractivity contribution in [1.82, 2.24) is 5.32 Å². The molecule has 0 radical (unpaired) electrons. The quantitative estimate of drug-likeness (QED) is 0.556. The van der Waals surface area contributed by atoms with Crippen LogP contribution in [-0.2, 0) is 0 Å². The van der Waals surface area contributed by atoms with Gasteiger partial charge in [-0.15, -0.1) is 12.6 Å². The highest BCUT2D eigenvalue weighted by molar-refractivity contribution is 8.11. The normalized spacial score (nSPS) is 13.9. The highest BCUT2D eigenvalue weighted by atomic mass is 32.1. The van der Waals surface area contributed by atoms with Crippen molar-refractivity contribution in [2.45, 2.75) is 40.5 Å². The Morgan fingerprint density at radius 2 is 2.00 bits per heavy atom. The van der Waals surface area contributed by atoms with E-state index in [4.69, 9.17) is 12.2 Å². The molecule has 0 amide bonds. The number of thiol groups is 1. The second-order valence-corrected chi connectivity index (χ2v) is 6.05. The summed E-state index contributed by atoms with van der Waals surface area (Å²) in [6, 6.07) is 0. The molecule has 0 aliphatic heterocycles. The molecule has 1 atom stereocenters. The highest BCUT2D eigenvalue weighted by Crippen LogP contribution is 2.25. The van der Waals surface area contributed by atoms with Crippen molar-refractivity contribution in [2.24, 2.45) is 11.3 Å². The third-order valence-corrected chi connectivity index (χ3v) is 2.18. The first-order chi connectivity index (χ1) is 5.81. The molecule has 0 aromatic rings. The van der Waals surface area contributed by atoms with Crippen molar-refractivity contribution < 1.29 is 0 Å². The van der Waals surface area contributed by atoms with Crippen molar-refractivity contribution >= 4 is 29.2 Å². The number of hydrogen-bond acceptors (Lipinski definition) is 1. The van der Waals surface area contributed by atoms with Gasteiger partial charge in [0.1, 0.15) is 4.32 Å². The Labute approximate surface area is 93.1 Å². The molecule has 0 saturated carbocycles. The topological polar surface area (TPSA) is 12.0 Å². The molecule has 0 fully saturated rings. The molecule has 0 saturated heterocycles. The molecule has 0 bridgehead atoms. The minimum Gasteiger partial charge on any atom is -0.371 e. The molecular weight excluding hydrogens is 198 g/mol. The summed E-state index contributed by atoms with van der Waals surface area (Å²) >= 11 is 8.82. The fourth-order valence-corrected chi connectivity index (χ4v) is 1.79. The maximum Gasteiger partial charge on any atom is 0.130 e. The van der Waals surface area contributed by atoms with Crippen molar-refractivity contribution in [3.05, 3.63) is 0 Å². The van der Waals surface area contributed by atoms with E-state index < -0.39 is 0 Å². The van der Waals surface area contributed by atoms with Crippen LogP contribution in [-0.4, -0.2) is 10.9 Å². The molecular formula is C10H21NS2. The fourth-order valence-electron chi connectivity index (χ4n) is 1.57. The van der Waals surface area contributed by atoms with E-state index in [0.29, 0.717) is 9.74 Å². The summed E-state index contributed by atoms with van der Waals surface area (Å²) in [7, 11) is 0. The second-order valence-electron chi connectivity index (χ2n) is 4.89. The van der Waals surface area contributed by atoms with Crippen LogP contribution in [0.3, 0.4) is 0 Å². The predicted molar refractivity (Wildman–Crippen MR) is 67.4 cm³/mol. The first-order valence-corrected chi connectivity index (χ1v) is 5.63. The van der Waals surface area contributed by atoms with Crippen LogP contribution in [0.5, 0.6) is 0 Å². The minimum absolute atomic E-state index is 0.431. The van der Waals surface area contributed by atoms with Crippen LogP contribution in [0.4, 0.5) is 0 Å². The first kappa shape index (κ1) is 13.2. The zero-order valence-electron chi connectivity index (χ0n) is 9.05. The summed E-state index contributed by atoms with van der Waals surface area (Å²) in [6.07, 6.45) is 2.42. The average molecular weight is 219 g/mol. The van der Waals surface area contributed by atoms with Gasteiger partial charge in [0.05, 0.1) is 0 Å². The summed E-state index contributed by atoms with van der Waals surface area (Å²) in [4.78, 5) is 0. The lowest BCUT2D eigenvalue weighted by atomic mass is 9.84. The molecule has 1 unspecified atom stereocenters. The Morgan fingerprint density at radius 1 is 1.46 bits per heavy atom. The van der Waals surface area contributed by atoms with Crippen LogP contribution < -0.4 is 5.32 Å². The zero-order chi connectivity index (χ0) is 10.5. The van der Waals surface area contributed by atoms with E-state index >= 15 is 0 Å². The van der Waals surface area contributed by atoms with Gasteiger partial charge in [-0.2, -0.15) is 0 Å². The Bertz CT molecular complexity index is 161. The summed E-state index contributed by atoms with van der Waals surface area (Å²) in [6.45, 7) is 10.1. The second kappa shape index (κ2) is 5.86. The van der Waals surface area contributed by atoms with Crippen LogP contribution in [0.1, 0.15) is 40.5 Å². The molecule has 78 valence electrons. The van der Waals surface area contributed by atoms with Crippen LogP contribution in [0, 0.1) is 11.3 Å². The van der Waals surface area contributed by atoms with Gasteiger partial charge in [0.25, 0.3) is 0 Å². The van der Waals surface area contributed by atoms with Crippen molar-refractivity contribution in [2.75, 3.05) is 6.54 Å². The molecule has 0 rings (SSSR count). The summed E-state index contributed by atoms with van der Waals surface area (Å²) in [5.41, 5.74) is 0.431. The molecule has 1 N–H and O–H groups in total. The molecule has 3 heteroatoms. The molecule has 0 aromatic carbocycles. The summed E-state index contributed by atoms with van der Waals surface area (Å²) < 4.78 is 0.600. The number of thiocarbonyl (C=S) groups is 1. The largest absolute Gasteiger partial charge is 0.371 e. The molecule has 0 aliphatic carbocycles. The number of nitrogens with one attached hydrogen (secondary N) is 1. The lowest BCUT2D eigenvalue weighted by molar-refractivity contribution is 0.297. The Balaban J connectivity index is 3.52. The van der Waals surface area contributed by atoms with Crippen molar-refractivity contribution in [1.29, 1.82) is 0 Å². The molecule has 1 nitrogen and oxygen atoms in total. The van der Waals surface area contributed by atoms with E-state index in [9.17, 15) is 0 Å². The van der Waals surface area contributed by atoms with E-state index in [2.05, 4.69) is 45.6 Å². The maximum atomic E-state index is 4.81. The van der Waals surface area contributed by atoms with Gasteiger partial charge in [0.15, 0.2) is 0 Å². The van der Waals surface area contributed by atoms with Gasteiger partial charge in [-0.1, -0.05) is 39.9 Å². The van der Waals surface area contributed by atoms with E-state index in [1.165, 1.54) is 6.42 Å². The summed E-state index contributed by atoms with van der Waals surface area (Å²) in [5, 5.41) is 3.06. The molecule has 0 aliphatic rings. The lowest BCUT2D eigenvalue weighted by Crippen LogP contribution is -2.21. The third kappa shape index (κ3) is 10.2. The van der Waals surface area contributed by atoms with E-state index in [-0.39, 0.29) is 0 Å². The number of hydrogen-bond donors (Lipinski definition) is 2. The zero-order valence-corrected chi connectivity index (χ0v) is 10.8. The van der Waals surface area contributed by atoms with Gasteiger partial charge >= 0.3 is 0 Å². The van der Waals surface area contributed by atoms with Crippen LogP contribution >= 0.6 is 24.8 Å². The molecule has 0 spiro atoms. The highest BCUT2D eigenvalue weighted by Gasteiger charge is 2.14. The Morgan fingerprint density at radius 3 is 2.38 bits per heavy atom. The van der Waals surface area contributed by atoms with Gasteiger partial charge in [0.2, 0.25) is 0 Å². The predicted octanol–water partition coefficient (Wildman–Crippen LogP) is 3.25. The minimum atomic E-state index is 0.431. The Kier molecular flexibility index (Phi) is 5.97. The monoisotopic (exact) mass is 219 g/mol. The summed E-state index contributed by atoms with van der Waals surface area (Å²) in [5.74, 6) is 0.746.